The van der Waals surface area contributed by atoms with E-state index in [1.54, 1.807) is 0 Å². The second kappa shape index (κ2) is 9.43. The molecular weight excluding hydrogens is 450 g/mol. The van der Waals surface area contributed by atoms with E-state index in [2.05, 4.69) is 79.6 Å². The molecule has 4 rings (SSSR count). The molecule has 0 aromatic heterocycles. The van der Waals surface area contributed by atoms with Crippen molar-refractivity contribution in [2.24, 2.45) is 5.41 Å². The summed E-state index contributed by atoms with van der Waals surface area (Å²) in [6.07, 6.45) is 15.3. The van der Waals surface area contributed by atoms with Crippen molar-refractivity contribution in [3.8, 4) is 23.5 Å². The summed E-state index contributed by atoms with van der Waals surface area (Å²) >= 11 is -0.826. The number of hydrogen-bond acceptors (Lipinski definition) is 0. The van der Waals surface area contributed by atoms with E-state index in [4.69, 9.17) is 23.4 Å². The van der Waals surface area contributed by atoms with Crippen LogP contribution in [0.4, 0.5) is 0 Å². The van der Waals surface area contributed by atoms with Gasteiger partial charge in [-0.1, -0.05) is 79.3 Å². The van der Waals surface area contributed by atoms with Crippen molar-refractivity contribution in [2.75, 3.05) is 0 Å². The third-order valence-electron chi connectivity index (χ3n) is 5.76. The number of halogens is 2. The molecule has 1 atom stereocenters. The molecule has 0 saturated heterocycles. The molecule has 0 N–H and O–H groups in total. The van der Waals surface area contributed by atoms with E-state index in [0.29, 0.717) is 5.92 Å². The first-order valence-corrected chi connectivity index (χ1v) is 15.4. The molecule has 27 heavy (non-hydrogen) atoms. The molecule has 2 aliphatic rings. The van der Waals surface area contributed by atoms with Crippen LogP contribution in [0.3, 0.4) is 0 Å². The summed E-state index contributed by atoms with van der Waals surface area (Å²) in [4.78, 5) is 0. The molecule has 2 aliphatic carbocycles. The van der Waals surface area contributed by atoms with Crippen molar-refractivity contribution < 1.29 is 20.8 Å². The second-order valence-electron chi connectivity index (χ2n) is 7.12. The summed E-state index contributed by atoms with van der Waals surface area (Å²) < 4.78 is 0. The summed E-state index contributed by atoms with van der Waals surface area (Å²) in [5, 5.41) is 0. The first kappa shape index (κ1) is 20.7. The Hall–Kier alpha value is -1.06. The Morgan fingerprint density at radius 2 is 1.63 bits per heavy atom. The average Bonchev–Trinajstić information content (AvgIpc) is 3.34. The Bertz CT molecular complexity index is 861. The quantitative estimate of drug-likeness (QED) is 0.405. The fourth-order valence-corrected chi connectivity index (χ4v) is 4.53. The van der Waals surface area contributed by atoms with Crippen LogP contribution in [0, 0.1) is 17.8 Å². The zero-order chi connectivity index (χ0) is 19.3. The summed E-state index contributed by atoms with van der Waals surface area (Å²) in [5.41, 5.74) is 7.23. The summed E-state index contributed by atoms with van der Waals surface area (Å²) in [5.74, 6) is 3.25. The van der Waals surface area contributed by atoms with Gasteiger partial charge in [0.25, 0.3) is 0 Å². The van der Waals surface area contributed by atoms with Crippen molar-refractivity contribution >= 4 is 17.0 Å². The van der Waals surface area contributed by atoms with Gasteiger partial charge in [-0.15, -0.1) is 12.3 Å². The van der Waals surface area contributed by atoms with Crippen LogP contribution < -0.4 is 0 Å². The van der Waals surface area contributed by atoms with Gasteiger partial charge in [-0.25, -0.2) is 0 Å². The molecule has 1 unspecified atom stereocenters. The molecule has 0 bridgehead atoms. The maximum absolute atomic E-state index is 5.64. The Morgan fingerprint density at radius 3 is 2.11 bits per heavy atom. The molecule has 0 radical (unpaired) electrons. The van der Waals surface area contributed by atoms with Gasteiger partial charge in [0, 0.05) is 17.8 Å². The Labute approximate surface area is 181 Å². The van der Waals surface area contributed by atoms with E-state index >= 15 is 0 Å². The molecule has 136 valence electrons. The van der Waals surface area contributed by atoms with Gasteiger partial charge in [0.1, 0.15) is 0 Å². The summed E-state index contributed by atoms with van der Waals surface area (Å²) in [6.45, 7) is 2.41. The zero-order valence-electron chi connectivity index (χ0n) is 15.4. The van der Waals surface area contributed by atoms with Crippen LogP contribution >= 0.6 is 17.0 Å². The third-order valence-corrected chi connectivity index (χ3v) is 5.76. The van der Waals surface area contributed by atoms with E-state index in [1.165, 1.54) is 27.8 Å². The number of benzene rings is 2. The van der Waals surface area contributed by atoms with Crippen molar-refractivity contribution in [3.05, 3.63) is 83.5 Å². The molecule has 0 spiro atoms. The first-order valence-electron chi connectivity index (χ1n) is 9.11. The summed E-state index contributed by atoms with van der Waals surface area (Å²) in [6, 6.07) is 17.8. The number of fused-ring (bicyclic) bond motifs is 3. The van der Waals surface area contributed by atoms with E-state index < -0.39 is 20.8 Å². The SMILES string of the molecule is C#CCCC(C)(C1=CC=CC1)C1c2ccccc2-c2ccccc21.[Cl][Zr][Cl]. The fourth-order valence-electron chi connectivity index (χ4n) is 4.53. The predicted octanol–water partition coefficient (Wildman–Crippen LogP) is 7.48. The number of hydrogen-bond donors (Lipinski definition) is 0. The Morgan fingerprint density at radius 1 is 1.07 bits per heavy atom. The fraction of sp³-hybridized carbons (Fsp3) is 0.250. The average molecular weight is 473 g/mol. The van der Waals surface area contributed by atoms with Crippen molar-refractivity contribution in [3.63, 3.8) is 0 Å². The Kier molecular flexibility index (Phi) is 7.22. The van der Waals surface area contributed by atoms with Crippen LogP contribution in [0.2, 0.25) is 0 Å². The van der Waals surface area contributed by atoms with E-state index in [-0.39, 0.29) is 5.41 Å². The topological polar surface area (TPSA) is 0 Å². The van der Waals surface area contributed by atoms with Gasteiger partial charge in [-0.3, -0.25) is 0 Å². The van der Waals surface area contributed by atoms with Crippen LogP contribution in [-0.4, -0.2) is 0 Å². The number of rotatable bonds is 4. The molecule has 0 heterocycles. The molecular formula is C24H22Cl2Zr. The van der Waals surface area contributed by atoms with Gasteiger partial charge in [0.05, 0.1) is 0 Å². The van der Waals surface area contributed by atoms with Crippen molar-refractivity contribution in [1.82, 2.24) is 0 Å². The molecule has 0 nitrogen and oxygen atoms in total. The standard InChI is InChI=1S/C24H22.2ClH.Zr/c1-3-4-17-24(2,18-11-5-6-12-18)23-21-15-9-7-13-19(21)20-14-8-10-16-22(20)23;;;/h1,5-11,13-16,23H,4,12,17H2,2H3;2*1H;/q;;;+2/p-2. The molecule has 0 fully saturated rings. The predicted molar refractivity (Wildman–Crippen MR) is 113 cm³/mol. The van der Waals surface area contributed by atoms with Crippen LogP contribution in [-0.2, 0) is 20.8 Å². The molecule has 0 saturated carbocycles. The number of terminal acetylenes is 1. The van der Waals surface area contributed by atoms with Gasteiger partial charge in [0.2, 0.25) is 0 Å². The minimum absolute atomic E-state index is 0.0541. The van der Waals surface area contributed by atoms with Gasteiger partial charge < -0.3 is 0 Å². The van der Waals surface area contributed by atoms with Gasteiger partial charge in [-0.2, -0.15) is 0 Å². The van der Waals surface area contributed by atoms with Crippen LogP contribution in [0.1, 0.15) is 43.2 Å². The molecule has 2 aromatic carbocycles. The maximum atomic E-state index is 5.64. The third kappa shape index (κ3) is 4.05. The van der Waals surface area contributed by atoms with Crippen molar-refractivity contribution in [1.29, 1.82) is 0 Å². The summed E-state index contributed by atoms with van der Waals surface area (Å²) in [7, 11) is 9.87. The minimum atomic E-state index is -0.826. The van der Waals surface area contributed by atoms with E-state index in [1.807, 2.05) is 0 Å². The van der Waals surface area contributed by atoms with E-state index in [0.717, 1.165) is 19.3 Å². The van der Waals surface area contributed by atoms with Gasteiger partial charge >= 0.3 is 37.9 Å². The Balaban J connectivity index is 0.000000659. The zero-order valence-corrected chi connectivity index (χ0v) is 19.4. The molecule has 0 amide bonds. The molecule has 0 aliphatic heterocycles. The van der Waals surface area contributed by atoms with E-state index in [9.17, 15) is 0 Å². The second-order valence-corrected chi connectivity index (χ2v) is 10.9. The van der Waals surface area contributed by atoms with Crippen LogP contribution in [0.25, 0.3) is 11.1 Å². The number of allylic oxidation sites excluding steroid dienone is 4. The van der Waals surface area contributed by atoms with Gasteiger partial charge in [-0.05, 0) is 35.1 Å². The normalized spacial score (nSPS) is 16.3. The van der Waals surface area contributed by atoms with Crippen LogP contribution in [0.5, 0.6) is 0 Å². The van der Waals surface area contributed by atoms with Crippen LogP contribution in [0.15, 0.2) is 72.3 Å². The molecule has 2 aromatic rings. The molecule has 3 heteroatoms. The first-order chi connectivity index (χ1) is 13.2. The van der Waals surface area contributed by atoms with Crippen molar-refractivity contribution in [2.45, 2.75) is 32.1 Å². The van der Waals surface area contributed by atoms with Gasteiger partial charge in [0.15, 0.2) is 0 Å². The monoisotopic (exact) mass is 470 g/mol.